The molecule has 0 atom stereocenters. The van der Waals surface area contributed by atoms with Crippen LogP contribution < -0.4 is 0 Å². The largest absolute Gasteiger partial charge is 0.440 e. The Bertz CT molecular complexity index is 538. The number of hydrogen-bond acceptors (Lipinski definition) is 4. The molecule has 18 heavy (non-hydrogen) atoms. The maximum atomic E-state index is 12.7. The summed E-state index contributed by atoms with van der Waals surface area (Å²) in [6.45, 7) is 0. The van der Waals surface area contributed by atoms with Gasteiger partial charge in [0, 0.05) is 18.4 Å². The van der Waals surface area contributed by atoms with Crippen molar-refractivity contribution in [1.29, 1.82) is 0 Å². The lowest BCUT2D eigenvalue weighted by Crippen LogP contribution is -2.09. The molecule has 0 aromatic carbocycles. The van der Waals surface area contributed by atoms with Gasteiger partial charge in [0.15, 0.2) is 5.69 Å². The van der Waals surface area contributed by atoms with Crippen molar-refractivity contribution in [3.63, 3.8) is 0 Å². The number of aromatic nitrogens is 3. The molecule has 0 aliphatic heterocycles. The van der Waals surface area contributed by atoms with Gasteiger partial charge in [-0.1, -0.05) is 23.4 Å². The minimum absolute atomic E-state index is 0.0119. The quantitative estimate of drug-likeness (QED) is 0.815. The van der Waals surface area contributed by atoms with Gasteiger partial charge in [-0.25, -0.2) is 4.98 Å². The summed E-state index contributed by atoms with van der Waals surface area (Å²) in [6.07, 6.45) is -1.77. The monoisotopic (exact) mass is 297 g/mol. The van der Waals surface area contributed by atoms with Gasteiger partial charge in [-0.15, -0.1) is 0 Å². The third-order valence-electron chi connectivity index (χ3n) is 2.09. The molecule has 0 aliphatic carbocycles. The van der Waals surface area contributed by atoms with Gasteiger partial charge in [0.25, 0.3) is 5.22 Å². The first-order chi connectivity index (χ1) is 8.39. The van der Waals surface area contributed by atoms with Gasteiger partial charge in [0.05, 0.1) is 6.20 Å². The fourth-order valence-electron chi connectivity index (χ4n) is 1.32. The van der Waals surface area contributed by atoms with Crippen LogP contribution in [0.1, 0.15) is 11.3 Å². The van der Waals surface area contributed by atoms with Gasteiger partial charge >= 0.3 is 6.18 Å². The Labute approximate surface area is 109 Å². The number of rotatable bonds is 3. The summed E-state index contributed by atoms with van der Waals surface area (Å²) in [6, 6.07) is 0. The zero-order chi connectivity index (χ0) is 13.3. The molecule has 0 aliphatic rings. The second-order valence-corrected chi connectivity index (χ2v) is 4.61. The zero-order valence-electron chi connectivity index (χ0n) is 9.03. The average molecular weight is 298 g/mol. The predicted molar refractivity (Wildman–Crippen MR) is 59.3 cm³/mol. The first kappa shape index (κ1) is 13.3. The topological polar surface area (TPSA) is 43.9 Å². The molecule has 0 bridgehead atoms. The highest BCUT2D eigenvalue weighted by Gasteiger charge is 2.38. The third-order valence-corrected chi connectivity index (χ3v) is 3.44. The Hall–Kier alpha value is -1.15. The van der Waals surface area contributed by atoms with Gasteiger partial charge in [-0.2, -0.15) is 18.3 Å². The van der Waals surface area contributed by atoms with Crippen LogP contribution in [0.15, 0.2) is 22.1 Å². The average Bonchev–Trinajstić information content (AvgIpc) is 2.86. The fourth-order valence-corrected chi connectivity index (χ4v) is 2.39. The van der Waals surface area contributed by atoms with Crippen LogP contribution in [0, 0.1) is 0 Å². The Morgan fingerprint density at radius 2 is 2.22 bits per heavy atom. The van der Waals surface area contributed by atoms with Crippen molar-refractivity contribution in [3.8, 4) is 0 Å². The van der Waals surface area contributed by atoms with Crippen LogP contribution in [0.25, 0.3) is 0 Å². The molecule has 0 spiro atoms. The lowest BCUT2D eigenvalue weighted by molar-refractivity contribution is -0.141. The molecule has 0 amide bonds. The molecular weight excluding hydrogens is 291 g/mol. The van der Waals surface area contributed by atoms with Crippen LogP contribution in [-0.2, 0) is 19.0 Å². The van der Waals surface area contributed by atoms with Crippen molar-refractivity contribution in [1.82, 2.24) is 14.8 Å². The van der Waals surface area contributed by atoms with E-state index >= 15 is 0 Å². The highest BCUT2D eigenvalue weighted by Crippen LogP contribution is 2.36. The van der Waals surface area contributed by atoms with Gasteiger partial charge in [0.1, 0.15) is 11.4 Å². The van der Waals surface area contributed by atoms with E-state index in [1.807, 2.05) is 0 Å². The van der Waals surface area contributed by atoms with E-state index in [1.54, 1.807) is 0 Å². The smallest absolute Gasteiger partial charge is 0.435 e. The summed E-state index contributed by atoms with van der Waals surface area (Å²) < 4.78 is 44.1. The van der Waals surface area contributed by atoms with Crippen molar-refractivity contribution in [2.75, 3.05) is 0 Å². The normalized spacial score (nSPS) is 12.1. The number of thioether (sulfide) groups is 1. The lowest BCUT2D eigenvalue weighted by Gasteiger charge is -2.04. The van der Waals surface area contributed by atoms with Gasteiger partial charge < -0.3 is 4.42 Å². The number of nitrogens with zero attached hydrogens (tertiary/aromatic N) is 3. The van der Waals surface area contributed by atoms with Crippen LogP contribution in [0.4, 0.5) is 13.2 Å². The molecule has 2 heterocycles. The highest BCUT2D eigenvalue weighted by atomic mass is 35.5. The Morgan fingerprint density at radius 3 is 2.78 bits per heavy atom. The molecule has 0 fully saturated rings. The second-order valence-electron chi connectivity index (χ2n) is 3.33. The summed E-state index contributed by atoms with van der Waals surface area (Å²) in [4.78, 5) is 3.80. The molecule has 0 radical (unpaired) electrons. The molecule has 0 saturated carbocycles. The standard InChI is InChI=1S/C9H7ClF3N3OS/c1-16-7(10)5(6(15-16)9(11,12)13)4-18-8-14-2-3-17-8/h2-3H,4H2,1H3. The molecule has 4 nitrogen and oxygen atoms in total. The van der Waals surface area contributed by atoms with Crippen LogP contribution in [0.5, 0.6) is 0 Å². The van der Waals surface area contributed by atoms with E-state index in [1.165, 1.54) is 19.5 Å². The van der Waals surface area contributed by atoms with E-state index in [0.29, 0.717) is 0 Å². The zero-order valence-corrected chi connectivity index (χ0v) is 10.6. The van der Waals surface area contributed by atoms with Crippen LogP contribution in [-0.4, -0.2) is 14.8 Å². The van der Waals surface area contributed by atoms with Crippen molar-refractivity contribution in [2.45, 2.75) is 17.2 Å². The summed E-state index contributed by atoms with van der Waals surface area (Å²) in [5, 5.41) is 3.62. The summed E-state index contributed by atoms with van der Waals surface area (Å²) in [7, 11) is 1.36. The van der Waals surface area contributed by atoms with E-state index in [-0.39, 0.29) is 21.7 Å². The predicted octanol–water partition coefficient (Wildman–Crippen LogP) is 3.37. The third kappa shape index (κ3) is 2.64. The lowest BCUT2D eigenvalue weighted by atomic mass is 10.3. The molecule has 98 valence electrons. The number of alkyl halides is 3. The minimum atomic E-state index is -4.53. The molecular formula is C9H7ClF3N3OS. The molecule has 2 aromatic rings. The van der Waals surface area contributed by atoms with Crippen molar-refractivity contribution < 1.29 is 17.6 Å². The first-order valence-corrected chi connectivity index (χ1v) is 6.07. The fraction of sp³-hybridized carbons (Fsp3) is 0.333. The Morgan fingerprint density at radius 1 is 1.50 bits per heavy atom. The van der Waals surface area contributed by atoms with E-state index in [4.69, 9.17) is 16.0 Å². The maximum absolute atomic E-state index is 12.7. The maximum Gasteiger partial charge on any atom is 0.435 e. The van der Waals surface area contributed by atoms with E-state index < -0.39 is 11.9 Å². The van der Waals surface area contributed by atoms with Gasteiger partial charge in [-0.05, 0) is 0 Å². The second kappa shape index (κ2) is 4.85. The molecule has 0 unspecified atom stereocenters. The van der Waals surface area contributed by atoms with Crippen molar-refractivity contribution in [2.24, 2.45) is 7.05 Å². The summed E-state index contributed by atoms with van der Waals surface area (Å²) in [5.74, 6) is -0.0119. The highest BCUT2D eigenvalue weighted by molar-refractivity contribution is 7.98. The first-order valence-electron chi connectivity index (χ1n) is 4.70. The van der Waals surface area contributed by atoms with Crippen molar-refractivity contribution in [3.05, 3.63) is 28.9 Å². The van der Waals surface area contributed by atoms with Crippen molar-refractivity contribution >= 4 is 23.4 Å². The Balaban J connectivity index is 2.26. The van der Waals surface area contributed by atoms with Crippen LogP contribution in [0.3, 0.4) is 0 Å². The SMILES string of the molecule is Cn1nc(C(F)(F)F)c(CSc2ncco2)c1Cl. The molecule has 0 N–H and O–H groups in total. The summed E-state index contributed by atoms with van der Waals surface area (Å²) >= 11 is 6.82. The minimum Gasteiger partial charge on any atom is -0.440 e. The van der Waals surface area contributed by atoms with E-state index in [9.17, 15) is 13.2 Å². The molecule has 2 aromatic heterocycles. The Kier molecular flexibility index (Phi) is 3.58. The number of aryl methyl sites for hydroxylation is 1. The number of hydrogen-bond donors (Lipinski definition) is 0. The summed E-state index contributed by atoms with van der Waals surface area (Å²) in [5.41, 5.74) is -1.05. The van der Waals surface area contributed by atoms with Gasteiger partial charge in [0.2, 0.25) is 0 Å². The van der Waals surface area contributed by atoms with Gasteiger partial charge in [-0.3, -0.25) is 4.68 Å². The number of halogens is 4. The van der Waals surface area contributed by atoms with Crippen LogP contribution in [0.2, 0.25) is 5.15 Å². The van der Waals surface area contributed by atoms with Crippen LogP contribution >= 0.6 is 23.4 Å². The van der Waals surface area contributed by atoms with E-state index in [0.717, 1.165) is 16.4 Å². The number of oxazole rings is 1. The molecule has 2 rings (SSSR count). The molecule has 0 saturated heterocycles. The van der Waals surface area contributed by atoms with E-state index in [2.05, 4.69) is 10.1 Å². The molecule has 9 heteroatoms.